The van der Waals surface area contributed by atoms with Crippen molar-refractivity contribution in [1.29, 1.82) is 0 Å². The Bertz CT molecular complexity index is 1750. The molecule has 1 aliphatic heterocycles. The molecule has 7 rings (SSSR count). The van der Waals surface area contributed by atoms with E-state index < -0.39 is 6.03 Å². The van der Waals surface area contributed by atoms with Crippen LogP contribution in [0.25, 0.3) is 5.65 Å². The van der Waals surface area contributed by atoms with Gasteiger partial charge in [0, 0.05) is 60.6 Å². The molecule has 4 aromatic heterocycles. The molecule has 4 aromatic rings. The minimum atomic E-state index is -0.392. The fourth-order valence-electron chi connectivity index (χ4n) is 5.20. The van der Waals surface area contributed by atoms with Crippen LogP contribution in [0, 0.1) is 12.8 Å². The van der Waals surface area contributed by atoms with Gasteiger partial charge in [-0.05, 0) is 39.2 Å². The van der Waals surface area contributed by atoms with Crippen LogP contribution in [0.4, 0.5) is 22.2 Å². The number of urea groups is 1. The number of nitrogens with one attached hydrogen (secondary N) is 2. The van der Waals surface area contributed by atoms with Crippen LogP contribution < -0.4 is 15.5 Å². The number of carbonyl (C=O) groups excluding carboxylic acids is 3. The number of hydrogen-bond donors (Lipinski definition) is 2. The van der Waals surface area contributed by atoms with E-state index in [1.807, 2.05) is 32.0 Å². The Morgan fingerprint density at radius 2 is 1.88 bits per heavy atom. The SMILES string of the molecule is Cc1ccnc(C2CC2C(=O)Nc2cc(N[C@H](C)c3cc4nc(C5CC5)cc(N5CC(=O)N(C)C5=O)n4n3)ncn2)n1. The molecule has 42 heavy (non-hydrogen) atoms. The smallest absolute Gasteiger partial charge is 0.332 e. The van der Waals surface area contributed by atoms with E-state index in [0.29, 0.717) is 47.0 Å². The lowest BCUT2D eigenvalue weighted by molar-refractivity contribution is -0.124. The van der Waals surface area contributed by atoms with Gasteiger partial charge in [-0.1, -0.05) is 0 Å². The first-order valence-electron chi connectivity index (χ1n) is 13.9. The van der Waals surface area contributed by atoms with Crippen LogP contribution in [0.3, 0.4) is 0 Å². The van der Waals surface area contributed by atoms with E-state index in [-0.39, 0.29) is 36.2 Å². The van der Waals surface area contributed by atoms with Gasteiger partial charge in [0.1, 0.15) is 36.2 Å². The lowest BCUT2D eigenvalue weighted by Gasteiger charge is -2.17. The Hall–Kier alpha value is -5.01. The molecule has 0 radical (unpaired) electrons. The van der Waals surface area contributed by atoms with E-state index >= 15 is 0 Å². The summed E-state index contributed by atoms with van der Waals surface area (Å²) in [5, 5.41) is 10.9. The summed E-state index contributed by atoms with van der Waals surface area (Å²) in [6, 6.07) is 6.54. The summed E-state index contributed by atoms with van der Waals surface area (Å²) < 4.78 is 1.61. The number of imide groups is 1. The molecule has 0 spiro atoms. The Morgan fingerprint density at radius 1 is 1.07 bits per heavy atom. The Kier molecular flexibility index (Phi) is 6.06. The number of nitrogens with zero attached hydrogens (tertiary/aromatic N) is 9. The van der Waals surface area contributed by atoms with Crippen molar-refractivity contribution in [3.05, 3.63) is 59.7 Å². The van der Waals surface area contributed by atoms with Crippen LogP contribution in [0.15, 0.2) is 36.8 Å². The standard InChI is InChI=1S/C28H29N11O3/c1-14-6-7-29-26(32-14)17-8-18(17)27(41)35-22-11-21(30-13-31-22)33-15(2)19-9-23-34-20(16-4-5-16)10-24(39(23)36-19)38-12-25(40)37(3)28(38)42/h6-7,9-11,13,15-18H,4-5,8,12H2,1-3H3,(H2,30,31,33,35,41)/t15-,17?,18?/m1/s1. The summed E-state index contributed by atoms with van der Waals surface area (Å²) >= 11 is 0. The first kappa shape index (κ1) is 25.9. The third kappa shape index (κ3) is 4.78. The van der Waals surface area contributed by atoms with Gasteiger partial charge in [-0.15, -0.1) is 0 Å². The highest BCUT2D eigenvalue weighted by atomic mass is 16.2. The summed E-state index contributed by atoms with van der Waals surface area (Å²) in [7, 11) is 1.48. The number of amides is 4. The second kappa shape index (κ2) is 9.82. The third-order valence-electron chi connectivity index (χ3n) is 7.90. The van der Waals surface area contributed by atoms with Crippen molar-refractivity contribution in [2.45, 2.75) is 51.0 Å². The highest BCUT2D eigenvalue weighted by Crippen LogP contribution is 2.46. The lowest BCUT2D eigenvalue weighted by Crippen LogP contribution is -2.31. The highest BCUT2D eigenvalue weighted by molar-refractivity contribution is 6.11. The van der Waals surface area contributed by atoms with Gasteiger partial charge in [0.15, 0.2) is 5.65 Å². The van der Waals surface area contributed by atoms with Gasteiger partial charge in [-0.3, -0.25) is 19.4 Å². The largest absolute Gasteiger partial charge is 0.362 e. The molecule has 2 unspecified atom stereocenters. The molecular formula is C28H29N11O3. The molecule has 3 aliphatic rings. The van der Waals surface area contributed by atoms with Gasteiger partial charge in [-0.2, -0.15) is 9.61 Å². The van der Waals surface area contributed by atoms with Crippen LogP contribution >= 0.6 is 0 Å². The number of rotatable bonds is 8. The fraction of sp³-hybridized carbons (Fsp3) is 0.393. The quantitative estimate of drug-likeness (QED) is 0.303. The predicted octanol–water partition coefficient (Wildman–Crippen LogP) is 2.81. The molecule has 2 aliphatic carbocycles. The molecule has 3 fully saturated rings. The fourth-order valence-corrected chi connectivity index (χ4v) is 5.20. The van der Waals surface area contributed by atoms with E-state index in [1.165, 1.54) is 18.3 Å². The van der Waals surface area contributed by atoms with Gasteiger partial charge in [-0.25, -0.2) is 29.7 Å². The van der Waals surface area contributed by atoms with E-state index in [1.54, 1.807) is 16.8 Å². The minimum Gasteiger partial charge on any atom is -0.362 e. The maximum Gasteiger partial charge on any atom is 0.332 e. The molecule has 0 aromatic carbocycles. The maximum atomic E-state index is 12.9. The zero-order valence-electron chi connectivity index (χ0n) is 23.4. The van der Waals surface area contributed by atoms with Gasteiger partial charge in [0.2, 0.25) is 5.91 Å². The second-order valence-electron chi connectivity index (χ2n) is 11.1. The van der Waals surface area contributed by atoms with Crippen LogP contribution in [-0.4, -0.2) is 70.9 Å². The topological polar surface area (TPSA) is 164 Å². The van der Waals surface area contributed by atoms with Crippen molar-refractivity contribution < 1.29 is 14.4 Å². The molecule has 0 bridgehead atoms. The third-order valence-corrected chi connectivity index (χ3v) is 7.90. The summed E-state index contributed by atoms with van der Waals surface area (Å²) in [6.07, 6.45) is 5.88. The van der Waals surface area contributed by atoms with E-state index in [2.05, 4.69) is 30.6 Å². The molecule has 1 saturated heterocycles. The Labute approximate surface area is 240 Å². The van der Waals surface area contributed by atoms with Crippen LogP contribution in [-0.2, 0) is 9.59 Å². The van der Waals surface area contributed by atoms with Crippen LogP contribution in [0.1, 0.15) is 67.0 Å². The van der Waals surface area contributed by atoms with Crippen molar-refractivity contribution in [2.24, 2.45) is 5.92 Å². The molecule has 14 nitrogen and oxygen atoms in total. The van der Waals surface area contributed by atoms with Crippen LogP contribution in [0.5, 0.6) is 0 Å². The predicted molar refractivity (Wildman–Crippen MR) is 151 cm³/mol. The molecule has 2 N–H and O–H groups in total. The van der Waals surface area contributed by atoms with Gasteiger partial charge >= 0.3 is 6.03 Å². The summed E-state index contributed by atoms with van der Waals surface area (Å²) in [6.45, 7) is 3.79. The Balaban J connectivity index is 1.08. The molecular weight excluding hydrogens is 538 g/mol. The van der Waals surface area contributed by atoms with Gasteiger partial charge in [0.25, 0.3) is 5.91 Å². The lowest BCUT2D eigenvalue weighted by atomic mass is 10.2. The number of likely N-dealkylation sites (N-methyl/N-ethyl adjacent to an activating group) is 1. The summed E-state index contributed by atoms with van der Waals surface area (Å²) in [5.74, 6) is 1.85. The Morgan fingerprint density at radius 3 is 2.62 bits per heavy atom. The van der Waals surface area contributed by atoms with Gasteiger partial charge in [0.05, 0.1) is 11.7 Å². The zero-order valence-corrected chi connectivity index (χ0v) is 23.4. The van der Waals surface area contributed by atoms with E-state index in [4.69, 9.17) is 10.1 Å². The second-order valence-corrected chi connectivity index (χ2v) is 11.1. The molecule has 14 heteroatoms. The molecule has 2 saturated carbocycles. The first-order valence-corrected chi connectivity index (χ1v) is 13.9. The van der Waals surface area contributed by atoms with Crippen molar-refractivity contribution in [3.8, 4) is 0 Å². The summed E-state index contributed by atoms with van der Waals surface area (Å²) in [5.41, 5.74) is 3.04. The maximum absolute atomic E-state index is 12.9. The number of anilines is 3. The average Bonchev–Trinajstić information content (AvgIpc) is 3.90. The number of hydrogen-bond acceptors (Lipinski definition) is 10. The van der Waals surface area contributed by atoms with E-state index in [0.717, 1.165) is 29.1 Å². The van der Waals surface area contributed by atoms with Crippen molar-refractivity contribution >= 4 is 40.9 Å². The molecule has 5 heterocycles. The summed E-state index contributed by atoms with van der Waals surface area (Å²) in [4.78, 5) is 62.5. The normalized spacial score (nSPS) is 20.7. The van der Waals surface area contributed by atoms with Crippen molar-refractivity contribution in [1.82, 2.24) is 39.4 Å². The number of fused-ring (bicyclic) bond motifs is 1. The zero-order chi connectivity index (χ0) is 29.1. The molecule has 4 amide bonds. The first-order chi connectivity index (χ1) is 20.2. The molecule has 214 valence electrons. The number of carbonyl (C=O) groups is 3. The minimum absolute atomic E-state index is 0.00714. The average molecular weight is 568 g/mol. The van der Waals surface area contributed by atoms with Crippen LogP contribution in [0.2, 0.25) is 0 Å². The number of aryl methyl sites for hydroxylation is 1. The van der Waals surface area contributed by atoms with Crippen molar-refractivity contribution in [2.75, 3.05) is 29.1 Å². The van der Waals surface area contributed by atoms with Gasteiger partial charge < -0.3 is 10.6 Å². The monoisotopic (exact) mass is 567 g/mol. The molecule has 3 atom stereocenters. The highest BCUT2D eigenvalue weighted by Gasteiger charge is 2.46. The van der Waals surface area contributed by atoms with E-state index in [9.17, 15) is 14.4 Å². The van der Waals surface area contributed by atoms with Crippen molar-refractivity contribution in [3.63, 3.8) is 0 Å². The number of aromatic nitrogens is 7.